The Morgan fingerprint density at radius 1 is 0.860 bits per heavy atom. The Labute approximate surface area is 246 Å². The lowest BCUT2D eigenvalue weighted by Gasteiger charge is -2.26. The molecule has 2 atom stereocenters. The highest BCUT2D eigenvalue weighted by molar-refractivity contribution is 6.00. The van der Waals surface area contributed by atoms with E-state index in [0.717, 1.165) is 6.20 Å². The summed E-state index contributed by atoms with van der Waals surface area (Å²) in [6.45, 7) is 5.54. The van der Waals surface area contributed by atoms with Crippen LogP contribution in [0.3, 0.4) is 0 Å². The van der Waals surface area contributed by atoms with E-state index in [4.69, 9.17) is 14.2 Å². The lowest BCUT2D eigenvalue weighted by molar-refractivity contribution is -0.154. The number of nitrogens with one attached hydrogen (secondary N) is 2. The molecule has 0 spiro atoms. The van der Waals surface area contributed by atoms with Crippen LogP contribution in [0.5, 0.6) is 5.75 Å². The van der Waals surface area contributed by atoms with Crippen molar-refractivity contribution in [1.29, 1.82) is 0 Å². The third-order valence-corrected chi connectivity index (χ3v) is 6.17. The third kappa shape index (κ3) is 8.96. The number of anilines is 1. The van der Waals surface area contributed by atoms with Gasteiger partial charge in [0.25, 0.3) is 5.91 Å². The Bertz CT molecular complexity index is 1400. The van der Waals surface area contributed by atoms with Crippen LogP contribution in [0, 0.1) is 17.6 Å². The largest absolute Gasteiger partial charge is 0.465 e. The van der Waals surface area contributed by atoms with Crippen LogP contribution >= 0.6 is 0 Å². The number of rotatable bonds is 12. The predicted molar refractivity (Wildman–Crippen MR) is 149 cm³/mol. The first-order valence-corrected chi connectivity index (χ1v) is 13.2. The van der Waals surface area contributed by atoms with Gasteiger partial charge < -0.3 is 24.6 Å². The number of nitrogens with zero attached hydrogens (tertiary/aromatic N) is 1. The second-order valence-corrected chi connectivity index (χ2v) is 9.76. The van der Waals surface area contributed by atoms with Gasteiger partial charge in [-0.1, -0.05) is 38.1 Å². The van der Waals surface area contributed by atoms with Crippen molar-refractivity contribution in [3.05, 3.63) is 89.2 Å². The fourth-order valence-electron chi connectivity index (χ4n) is 4.03. The molecule has 228 valence electrons. The molecule has 43 heavy (non-hydrogen) atoms. The number of pyridine rings is 1. The minimum atomic E-state index is -1.45. The van der Waals surface area contributed by atoms with E-state index < -0.39 is 72.0 Å². The van der Waals surface area contributed by atoms with Crippen molar-refractivity contribution in [3.63, 3.8) is 0 Å². The fourth-order valence-corrected chi connectivity index (χ4v) is 4.03. The van der Waals surface area contributed by atoms with Crippen molar-refractivity contribution < 1.29 is 47.3 Å². The SMILES string of the molecule is CC(C)C(=O)OCOc1c(NC(=O)O)ccnc1C(=O)N[C@@H](C)C(=O)OC(C)C(c1ccc(F)cc1)c1ccc(F)cc1. The normalized spacial score (nSPS) is 12.3. The maximum Gasteiger partial charge on any atom is 0.409 e. The van der Waals surface area contributed by atoms with Gasteiger partial charge in [-0.3, -0.25) is 14.9 Å². The molecule has 1 aromatic heterocycles. The number of esters is 2. The Hall–Kier alpha value is -5.07. The van der Waals surface area contributed by atoms with Crippen LogP contribution in [0.15, 0.2) is 60.8 Å². The molecular weight excluding hydrogens is 568 g/mol. The van der Waals surface area contributed by atoms with Crippen molar-refractivity contribution in [2.75, 3.05) is 12.1 Å². The van der Waals surface area contributed by atoms with E-state index in [1.165, 1.54) is 61.5 Å². The Balaban J connectivity index is 1.78. The van der Waals surface area contributed by atoms with Gasteiger partial charge in [0.1, 0.15) is 23.8 Å². The molecule has 11 nitrogen and oxygen atoms in total. The number of hydrogen-bond acceptors (Lipinski definition) is 8. The first-order chi connectivity index (χ1) is 20.4. The Morgan fingerprint density at radius 3 is 1.93 bits per heavy atom. The fraction of sp³-hybridized carbons (Fsp3) is 0.300. The second-order valence-electron chi connectivity index (χ2n) is 9.76. The van der Waals surface area contributed by atoms with E-state index in [2.05, 4.69) is 15.6 Å². The van der Waals surface area contributed by atoms with E-state index in [9.17, 15) is 33.1 Å². The maximum absolute atomic E-state index is 13.6. The van der Waals surface area contributed by atoms with Crippen molar-refractivity contribution in [3.8, 4) is 5.75 Å². The van der Waals surface area contributed by atoms with Gasteiger partial charge in [0.2, 0.25) is 6.79 Å². The highest BCUT2D eigenvalue weighted by atomic mass is 19.1. The maximum atomic E-state index is 13.6. The molecule has 0 aliphatic rings. The molecule has 13 heteroatoms. The number of ether oxygens (including phenoxy) is 3. The van der Waals surface area contributed by atoms with Crippen LogP contribution in [-0.2, 0) is 19.1 Å². The van der Waals surface area contributed by atoms with Crippen LogP contribution in [0.2, 0.25) is 0 Å². The number of halogens is 2. The Kier molecular flexibility index (Phi) is 11.1. The quantitative estimate of drug-likeness (QED) is 0.196. The summed E-state index contributed by atoms with van der Waals surface area (Å²) in [4.78, 5) is 53.2. The van der Waals surface area contributed by atoms with E-state index in [-0.39, 0.29) is 11.4 Å². The number of carbonyl (C=O) groups excluding carboxylic acids is 3. The van der Waals surface area contributed by atoms with E-state index in [1.807, 2.05) is 0 Å². The first kappa shape index (κ1) is 32.4. The topological polar surface area (TPSA) is 153 Å². The van der Waals surface area contributed by atoms with Gasteiger partial charge >= 0.3 is 18.0 Å². The molecular formula is C30H31F2N3O8. The monoisotopic (exact) mass is 599 g/mol. The molecule has 1 heterocycles. The minimum Gasteiger partial charge on any atom is -0.465 e. The van der Waals surface area contributed by atoms with Gasteiger partial charge in [0.05, 0.1) is 11.6 Å². The van der Waals surface area contributed by atoms with Crippen molar-refractivity contribution in [2.45, 2.75) is 45.8 Å². The average Bonchev–Trinajstić information content (AvgIpc) is 2.95. The molecule has 0 fully saturated rings. The van der Waals surface area contributed by atoms with E-state index in [0.29, 0.717) is 11.1 Å². The summed E-state index contributed by atoms with van der Waals surface area (Å²) in [6, 6.07) is 11.2. The highest BCUT2D eigenvalue weighted by Crippen LogP contribution is 2.31. The van der Waals surface area contributed by atoms with Crippen LogP contribution in [0.25, 0.3) is 0 Å². The molecule has 3 N–H and O–H groups in total. The Morgan fingerprint density at radius 2 is 1.42 bits per heavy atom. The molecule has 3 rings (SSSR count). The summed E-state index contributed by atoms with van der Waals surface area (Å²) in [5.41, 5.74) is 0.669. The lowest BCUT2D eigenvalue weighted by atomic mass is 9.87. The summed E-state index contributed by atoms with van der Waals surface area (Å²) in [6.07, 6.45) is -1.14. The van der Waals surface area contributed by atoms with Gasteiger partial charge in [0, 0.05) is 12.1 Å². The van der Waals surface area contributed by atoms with Gasteiger partial charge in [-0.2, -0.15) is 0 Å². The molecule has 0 saturated heterocycles. The first-order valence-electron chi connectivity index (χ1n) is 13.2. The average molecular weight is 600 g/mol. The van der Waals surface area contributed by atoms with Gasteiger partial charge in [0.15, 0.2) is 11.4 Å². The lowest BCUT2D eigenvalue weighted by Crippen LogP contribution is -2.41. The molecule has 0 aliphatic carbocycles. The summed E-state index contributed by atoms with van der Waals surface area (Å²) < 4.78 is 43.2. The number of hydrogen-bond donors (Lipinski definition) is 3. The van der Waals surface area contributed by atoms with E-state index >= 15 is 0 Å². The number of aromatic nitrogens is 1. The minimum absolute atomic E-state index is 0.154. The van der Waals surface area contributed by atoms with Gasteiger partial charge in [-0.15, -0.1) is 0 Å². The number of amides is 2. The second kappa shape index (κ2) is 14.7. The zero-order chi connectivity index (χ0) is 31.7. The molecule has 0 aliphatic heterocycles. The molecule has 0 radical (unpaired) electrons. The van der Waals surface area contributed by atoms with Crippen LogP contribution in [0.1, 0.15) is 55.2 Å². The zero-order valence-corrected chi connectivity index (χ0v) is 23.8. The smallest absolute Gasteiger partial charge is 0.409 e. The summed E-state index contributed by atoms with van der Waals surface area (Å²) in [5, 5.41) is 13.7. The number of benzene rings is 2. The van der Waals surface area contributed by atoms with Crippen LogP contribution in [0.4, 0.5) is 19.3 Å². The molecule has 0 bridgehead atoms. The molecule has 2 aromatic carbocycles. The van der Waals surface area contributed by atoms with Gasteiger partial charge in [-0.05, 0) is 55.3 Å². The van der Waals surface area contributed by atoms with Crippen LogP contribution < -0.4 is 15.4 Å². The van der Waals surface area contributed by atoms with Crippen molar-refractivity contribution >= 4 is 29.6 Å². The number of carbonyl (C=O) groups is 4. The summed E-state index contributed by atoms with van der Waals surface area (Å²) in [5.74, 6) is -4.64. The third-order valence-electron chi connectivity index (χ3n) is 6.17. The molecule has 1 unspecified atom stereocenters. The highest BCUT2D eigenvalue weighted by Gasteiger charge is 2.29. The predicted octanol–water partition coefficient (Wildman–Crippen LogP) is 4.87. The van der Waals surface area contributed by atoms with Gasteiger partial charge in [-0.25, -0.2) is 23.4 Å². The summed E-state index contributed by atoms with van der Waals surface area (Å²) in [7, 11) is 0. The summed E-state index contributed by atoms with van der Waals surface area (Å²) >= 11 is 0. The standard InChI is InChI=1S/C30H31F2N3O8/c1-16(2)28(37)42-15-41-26-23(35-30(39)40)13-14-33-25(26)27(36)34-17(3)29(38)43-18(4)24(19-5-9-21(31)10-6-19)20-7-11-22(32)12-8-20/h5-14,16-18,24H,15H2,1-4H3,(H,33,35)(H,34,36)(H,39,40)/t17-,18?/m0/s1. The number of carboxylic acid groups (broad SMARTS) is 1. The molecule has 3 aromatic rings. The zero-order valence-electron chi connectivity index (χ0n) is 23.8. The van der Waals surface area contributed by atoms with Crippen LogP contribution in [-0.4, -0.2) is 53.0 Å². The van der Waals surface area contributed by atoms with Crippen molar-refractivity contribution in [2.24, 2.45) is 5.92 Å². The van der Waals surface area contributed by atoms with E-state index in [1.54, 1.807) is 20.8 Å². The van der Waals surface area contributed by atoms with Crippen molar-refractivity contribution in [1.82, 2.24) is 10.3 Å². The molecule has 2 amide bonds. The molecule has 0 saturated carbocycles.